The Morgan fingerprint density at radius 2 is 1.75 bits per heavy atom. The van der Waals surface area contributed by atoms with Crippen LogP contribution in [0.4, 0.5) is 8.78 Å². The summed E-state index contributed by atoms with van der Waals surface area (Å²) >= 11 is 0. The summed E-state index contributed by atoms with van der Waals surface area (Å²) < 4.78 is 26.1. The van der Waals surface area contributed by atoms with Crippen LogP contribution in [0.2, 0.25) is 0 Å². The van der Waals surface area contributed by atoms with Crippen LogP contribution in [0.1, 0.15) is 20.7 Å². The van der Waals surface area contributed by atoms with E-state index in [0.29, 0.717) is 0 Å². The van der Waals surface area contributed by atoms with Crippen molar-refractivity contribution in [3.05, 3.63) is 65.5 Å². The maximum atomic E-state index is 13.2. The average molecular weight is 277 g/mol. The number of nitrogens with zero attached hydrogens (tertiary/aromatic N) is 1. The first-order valence-electron chi connectivity index (χ1n) is 5.54. The van der Waals surface area contributed by atoms with Gasteiger partial charge in [0.25, 0.3) is 11.8 Å². The van der Waals surface area contributed by atoms with Gasteiger partial charge in [0.1, 0.15) is 5.82 Å². The molecule has 5 nitrogen and oxygen atoms in total. The van der Waals surface area contributed by atoms with Crippen LogP contribution in [0, 0.1) is 11.8 Å². The third kappa shape index (κ3) is 3.14. The predicted molar refractivity (Wildman–Crippen MR) is 65.5 cm³/mol. The Bertz CT molecular complexity index is 662. The minimum atomic E-state index is -0.954. The number of nitrogens with one attached hydrogen (secondary N) is 2. The summed E-state index contributed by atoms with van der Waals surface area (Å²) in [6.07, 6.45) is 1.19. The highest BCUT2D eigenvalue weighted by Gasteiger charge is 2.13. The summed E-state index contributed by atoms with van der Waals surface area (Å²) in [6.45, 7) is 0. The predicted octanol–water partition coefficient (Wildman–Crippen LogP) is 1.43. The molecule has 20 heavy (non-hydrogen) atoms. The van der Waals surface area contributed by atoms with Gasteiger partial charge in [-0.15, -0.1) is 0 Å². The highest BCUT2D eigenvalue weighted by Crippen LogP contribution is 2.04. The van der Waals surface area contributed by atoms with Gasteiger partial charge in [0.2, 0.25) is 5.95 Å². The molecule has 1 heterocycles. The largest absolute Gasteiger partial charge is 0.274 e. The Morgan fingerprint density at radius 3 is 2.45 bits per heavy atom. The summed E-state index contributed by atoms with van der Waals surface area (Å²) in [4.78, 5) is 26.5. The number of carbonyl (C=O) groups is 2. The van der Waals surface area contributed by atoms with Crippen molar-refractivity contribution in [3.63, 3.8) is 0 Å². The lowest BCUT2D eigenvalue weighted by molar-refractivity contribution is 0.0843. The lowest BCUT2D eigenvalue weighted by Gasteiger charge is -2.07. The normalized spacial score (nSPS) is 9.90. The van der Waals surface area contributed by atoms with E-state index in [-0.39, 0.29) is 11.1 Å². The zero-order valence-corrected chi connectivity index (χ0v) is 10.1. The van der Waals surface area contributed by atoms with Gasteiger partial charge in [-0.05, 0) is 30.3 Å². The molecule has 0 spiro atoms. The molecule has 2 amide bonds. The van der Waals surface area contributed by atoms with E-state index in [1.54, 1.807) is 0 Å². The second-order valence-electron chi connectivity index (χ2n) is 3.76. The number of halogens is 2. The van der Waals surface area contributed by atoms with Gasteiger partial charge in [-0.1, -0.05) is 6.07 Å². The molecule has 0 saturated carbocycles. The number of amides is 2. The first-order chi connectivity index (χ1) is 9.58. The first kappa shape index (κ1) is 13.6. The number of aromatic nitrogens is 1. The van der Waals surface area contributed by atoms with Gasteiger partial charge in [-0.3, -0.25) is 20.4 Å². The van der Waals surface area contributed by atoms with Gasteiger partial charge in [-0.2, -0.15) is 4.39 Å². The molecule has 0 bridgehead atoms. The molecule has 2 aromatic rings. The fourth-order valence-corrected chi connectivity index (χ4v) is 1.44. The maximum Gasteiger partial charge on any atom is 0.274 e. The number of carbonyl (C=O) groups excluding carboxylic acids is 2. The second-order valence-corrected chi connectivity index (χ2v) is 3.76. The van der Waals surface area contributed by atoms with E-state index in [1.165, 1.54) is 36.5 Å². The van der Waals surface area contributed by atoms with Crippen molar-refractivity contribution >= 4 is 11.8 Å². The summed E-state index contributed by atoms with van der Waals surface area (Å²) in [5, 5.41) is 0. The fraction of sp³-hybridized carbons (Fsp3) is 0. The number of pyridine rings is 1. The highest BCUT2D eigenvalue weighted by atomic mass is 19.1. The van der Waals surface area contributed by atoms with Gasteiger partial charge in [0, 0.05) is 11.8 Å². The van der Waals surface area contributed by atoms with E-state index in [2.05, 4.69) is 10.4 Å². The Morgan fingerprint density at radius 1 is 1.00 bits per heavy atom. The third-order valence-corrected chi connectivity index (χ3v) is 2.38. The number of hydrogen-bond donors (Lipinski definition) is 2. The molecule has 0 fully saturated rings. The zero-order valence-electron chi connectivity index (χ0n) is 10.1. The molecular weight excluding hydrogens is 268 g/mol. The van der Waals surface area contributed by atoms with E-state index in [0.717, 1.165) is 6.07 Å². The van der Waals surface area contributed by atoms with Crippen LogP contribution in [-0.4, -0.2) is 16.8 Å². The van der Waals surface area contributed by atoms with Crippen LogP contribution in [0.5, 0.6) is 0 Å². The molecule has 0 unspecified atom stereocenters. The summed E-state index contributed by atoms with van der Waals surface area (Å²) in [6, 6.07) is 7.51. The number of benzene rings is 1. The summed E-state index contributed by atoms with van der Waals surface area (Å²) in [7, 11) is 0. The zero-order chi connectivity index (χ0) is 14.5. The van der Waals surface area contributed by atoms with Gasteiger partial charge >= 0.3 is 0 Å². The van der Waals surface area contributed by atoms with Crippen molar-refractivity contribution in [2.45, 2.75) is 0 Å². The minimum Gasteiger partial charge on any atom is -0.267 e. The monoisotopic (exact) mass is 277 g/mol. The Labute approximate surface area is 112 Å². The first-order valence-corrected chi connectivity index (χ1v) is 5.54. The molecule has 0 saturated heterocycles. The highest BCUT2D eigenvalue weighted by molar-refractivity contribution is 5.98. The Kier molecular flexibility index (Phi) is 3.99. The molecule has 0 radical (unpaired) electrons. The average Bonchev–Trinajstić information content (AvgIpc) is 2.45. The number of rotatable bonds is 2. The van der Waals surface area contributed by atoms with E-state index < -0.39 is 23.6 Å². The van der Waals surface area contributed by atoms with Gasteiger partial charge in [0.05, 0.1) is 5.56 Å². The quantitative estimate of drug-likeness (QED) is 0.644. The third-order valence-electron chi connectivity index (χ3n) is 2.38. The summed E-state index contributed by atoms with van der Waals surface area (Å²) in [5.74, 6) is -3.12. The molecular formula is C13H9F2N3O2. The van der Waals surface area contributed by atoms with E-state index in [4.69, 9.17) is 0 Å². The van der Waals surface area contributed by atoms with Crippen molar-refractivity contribution in [3.8, 4) is 0 Å². The fourth-order valence-electron chi connectivity index (χ4n) is 1.44. The number of hydrogen-bond acceptors (Lipinski definition) is 3. The van der Waals surface area contributed by atoms with Crippen molar-refractivity contribution in [2.24, 2.45) is 0 Å². The lowest BCUT2D eigenvalue weighted by atomic mass is 10.2. The molecule has 0 aliphatic rings. The van der Waals surface area contributed by atoms with Crippen LogP contribution in [0.3, 0.4) is 0 Å². The molecule has 2 N–H and O–H groups in total. The molecule has 102 valence electrons. The number of hydrazine groups is 1. The van der Waals surface area contributed by atoms with Gasteiger partial charge in [0.15, 0.2) is 0 Å². The minimum absolute atomic E-state index is 0.0250. The molecule has 0 aliphatic carbocycles. The van der Waals surface area contributed by atoms with Crippen LogP contribution < -0.4 is 10.9 Å². The van der Waals surface area contributed by atoms with E-state index in [1.807, 2.05) is 5.43 Å². The standard InChI is InChI=1S/C13H9F2N3O2/c14-9-4-1-3-8(7-9)12(19)17-18-13(20)10-5-2-6-16-11(10)15/h1-7H,(H,17,19)(H,18,20). The molecule has 1 aromatic carbocycles. The summed E-state index contributed by atoms with van der Waals surface area (Å²) in [5.41, 5.74) is 3.78. The Balaban J connectivity index is 2.01. The molecule has 2 rings (SSSR count). The van der Waals surface area contributed by atoms with Crippen molar-refractivity contribution in [2.75, 3.05) is 0 Å². The molecule has 1 aromatic heterocycles. The van der Waals surface area contributed by atoms with Crippen LogP contribution >= 0.6 is 0 Å². The van der Waals surface area contributed by atoms with Crippen molar-refractivity contribution in [1.29, 1.82) is 0 Å². The topological polar surface area (TPSA) is 71.1 Å². The van der Waals surface area contributed by atoms with Gasteiger partial charge < -0.3 is 0 Å². The van der Waals surface area contributed by atoms with Crippen LogP contribution in [-0.2, 0) is 0 Å². The SMILES string of the molecule is O=C(NNC(=O)c1cccnc1F)c1cccc(F)c1. The smallest absolute Gasteiger partial charge is 0.267 e. The molecule has 0 atom stereocenters. The maximum absolute atomic E-state index is 13.2. The van der Waals surface area contributed by atoms with E-state index >= 15 is 0 Å². The van der Waals surface area contributed by atoms with Crippen LogP contribution in [0.15, 0.2) is 42.6 Å². The van der Waals surface area contributed by atoms with Crippen LogP contribution in [0.25, 0.3) is 0 Å². The van der Waals surface area contributed by atoms with Crippen molar-refractivity contribution < 1.29 is 18.4 Å². The lowest BCUT2D eigenvalue weighted by Crippen LogP contribution is -2.42. The van der Waals surface area contributed by atoms with Gasteiger partial charge in [-0.25, -0.2) is 9.37 Å². The Hall–Kier alpha value is -2.83. The van der Waals surface area contributed by atoms with Crippen molar-refractivity contribution in [1.82, 2.24) is 15.8 Å². The molecule has 7 heteroatoms. The second kappa shape index (κ2) is 5.87. The molecule has 0 aliphatic heterocycles. The van der Waals surface area contributed by atoms with E-state index in [9.17, 15) is 18.4 Å².